The van der Waals surface area contributed by atoms with Crippen LogP contribution in [-0.4, -0.2) is 84.3 Å². The summed E-state index contributed by atoms with van der Waals surface area (Å²) in [6.07, 6.45) is -10.8. The first-order chi connectivity index (χ1) is 20.6. The van der Waals surface area contributed by atoms with Crippen molar-refractivity contribution >= 4 is 12.1 Å². The monoisotopic (exact) mass is 673 g/mol. The summed E-state index contributed by atoms with van der Waals surface area (Å²) in [5, 5.41) is 9.15. The second kappa shape index (κ2) is 14.0. The Balaban J connectivity index is 2.29. The molecule has 0 aromatic heterocycles. The van der Waals surface area contributed by atoms with Crippen molar-refractivity contribution in [3.63, 3.8) is 0 Å². The lowest BCUT2D eigenvalue weighted by molar-refractivity contribution is -0.422. The zero-order valence-electron chi connectivity index (χ0n) is 22.7. The molecule has 1 N–H and O–H groups in total. The molecule has 0 fully saturated rings. The molecule has 0 aliphatic heterocycles. The van der Waals surface area contributed by atoms with Gasteiger partial charge in [0.05, 0.1) is 13.1 Å². The lowest BCUT2D eigenvalue weighted by Gasteiger charge is -2.38. The van der Waals surface area contributed by atoms with Gasteiger partial charge in [-0.05, 0) is 36.8 Å². The predicted octanol–water partition coefficient (Wildman–Crippen LogP) is 6.84. The van der Waals surface area contributed by atoms with Crippen LogP contribution in [0.1, 0.15) is 12.5 Å². The van der Waals surface area contributed by atoms with E-state index in [1.165, 1.54) is 24.3 Å². The van der Waals surface area contributed by atoms with E-state index >= 15 is 0 Å². The summed E-state index contributed by atoms with van der Waals surface area (Å²) in [7, 11) is 0. The molecule has 1 amide bonds. The van der Waals surface area contributed by atoms with Crippen molar-refractivity contribution in [1.29, 1.82) is 0 Å². The van der Waals surface area contributed by atoms with Gasteiger partial charge in [-0.2, -0.15) is 48.3 Å². The third kappa shape index (κ3) is 8.43. The molecule has 2 rings (SSSR count). The summed E-state index contributed by atoms with van der Waals surface area (Å²) in [6.45, 7) is -3.44. The van der Waals surface area contributed by atoms with E-state index in [1.54, 1.807) is 6.92 Å². The summed E-state index contributed by atoms with van der Waals surface area (Å²) < 4.78 is 177. The smallest absolute Gasteiger partial charge is 0.460 e. The van der Waals surface area contributed by atoms with Crippen LogP contribution in [0.3, 0.4) is 0 Å². The Kier molecular flexibility index (Phi) is 11.6. The summed E-state index contributed by atoms with van der Waals surface area (Å²) >= 11 is 0. The number of aliphatic carboxylic acids is 1. The first-order valence-corrected chi connectivity index (χ1v) is 12.4. The highest BCUT2D eigenvalue weighted by Gasteiger charge is 2.87. The number of para-hydroxylation sites is 1. The van der Waals surface area contributed by atoms with Crippen LogP contribution in [0, 0.1) is 5.82 Å². The molecular formula is C26H23F12NO6. The molecule has 0 saturated heterocycles. The van der Waals surface area contributed by atoms with Crippen molar-refractivity contribution in [2.45, 2.75) is 49.3 Å². The van der Waals surface area contributed by atoms with Gasteiger partial charge in [0.2, 0.25) is 0 Å². The van der Waals surface area contributed by atoms with Crippen molar-refractivity contribution in [2.24, 2.45) is 0 Å². The average molecular weight is 673 g/mol. The van der Waals surface area contributed by atoms with E-state index in [4.69, 9.17) is 14.6 Å². The van der Waals surface area contributed by atoms with Gasteiger partial charge in [-0.15, -0.1) is 0 Å². The molecule has 252 valence electrons. The molecule has 0 spiro atoms. The standard InChI is InChI=1S/C26H23F12NO6/c1-2-43-19(20(40)41)13-15-7-9-16(10-8-15)44-12-11-39(21(42)45-18-6-4-3-5-17(18)27)14-22(28,29)23(30,31)24(32,33)25(34,35)26(36,37)38/h3-10,19H,2,11-14H2,1H3,(H,40,41). The Labute approximate surface area is 246 Å². The number of carbonyl (C=O) groups is 2. The maximum atomic E-state index is 14.5. The lowest BCUT2D eigenvalue weighted by Crippen LogP contribution is -2.68. The number of amides is 1. The van der Waals surface area contributed by atoms with E-state index < -0.39 is 84.2 Å². The minimum Gasteiger partial charge on any atom is -0.492 e. The van der Waals surface area contributed by atoms with Crippen molar-refractivity contribution in [1.82, 2.24) is 4.90 Å². The molecule has 0 radical (unpaired) electrons. The zero-order chi connectivity index (χ0) is 34.4. The van der Waals surface area contributed by atoms with Crippen LogP contribution in [0.25, 0.3) is 0 Å². The van der Waals surface area contributed by atoms with E-state index in [0.717, 1.165) is 18.2 Å². The topological polar surface area (TPSA) is 85.3 Å². The Morgan fingerprint density at radius 3 is 1.93 bits per heavy atom. The molecule has 7 nitrogen and oxygen atoms in total. The van der Waals surface area contributed by atoms with Crippen LogP contribution in [-0.2, 0) is 16.0 Å². The molecule has 0 aliphatic carbocycles. The van der Waals surface area contributed by atoms with E-state index in [1.807, 2.05) is 0 Å². The van der Waals surface area contributed by atoms with Gasteiger partial charge in [-0.1, -0.05) is 24.3 Å². The fourth-order valence-corrected chi connectivity index (χ4v) is 3.49. The van der Waals surface area contributed by atoms with Gasteiger partial charge in [0.15, 0.2) is 17.7 Å². The van der Waals surface area contributed by atoms with Crippen LogP contribution in [0.2, 0.25) is 0 Å². The molecule has 45 heavy (non-hydrogen) atoms. The molecule has 0 saturated carbocycles. The van der Waals surface area contributed by atoms with E-state index in [-0.39, 0.29) is 18.8 Å². The molecule has 1 unspecified atom stereocenters. The second-order valence-corrected chi connectivity index (χ2v) is 9.12. The molecular weight excluding hydrogens is 650 g/mol. The Hall–Kier alpha value is -3.90. The number of alkyl halides is 11. The molecule has 1 atom stereocenters. The van der Waals surface area contributed by atoms with E-state index in [0.29, 0.717) is 11.6 Å². The van der Waals surface area contributed by atoms with Crippen LogP contribution < -0.4 is 9.47 Å². The van der Waals surface area contributed by atoms with Gasteiger partial charge >= 0.3 is 41.9 Å². The van der Waals surface area contributed by atoms with Gasteiger partial charge in [-0.3, -0.25) is 4.90 Å². The van der Waals surface area contributed by atoms with Crippen LogP contribution >= 0.6 is 0 Å². The molecule has 0 heterocycles. The molecule has 0 bridgehead atoms. The van der Waals surface area contributed by atoms with Gasteiger partial charge < -0.3 is 19.3 Å². The number of hydrogen-bond acceptors (Lipinski definition) is 5. The first-order valence-electron chi connectivity index (χ1n) is 12.4. The number of carboxylic acid groups (broad SMARTS) is 1. The molecule has 19 heteroatoms. The van der Waals surface area contributed by atoms with E-state index in [9.17, 15) is 62.3 Å². The van der Waals surface area contributed by atoms with Gasteiger partial charge in [-0.25, -0.2) is 14.0 Å². The maximum Gasteiger partial charge on any atom is 0.460 e. The number of benzene rings is 2. The lowest BCUT2D eigenvalue weighted by atomic mass is 9.97. The summed E-state index contributed by atoms with van der Waals surface area (Å²) in [5.74, 6) is -32.8. The van der Waals surface area contributed by atoms with Gasteiger partial charge in [0.1, 0.15) is 12.4 Å². The minimum atomic E-state index is -7.71. The number of carbonyl (C=O) groups excluding carboxylic acids is 1. The number of rotatable bonds is 15. The van der Waals surface area contributed by atoms with Crippen molar-refractivity contribution in [2.75, 3.05) is 26.3 Å². The Bertz CT molecular complexity index is 1300. The molecule has 2 aromatic carbocycles. The van der Waals surface area contributed by atoms with Gasteiger partial charge in [0.25, 0.3) is 0 Å². The predicted molar refractivity (Wildman–Crippen MR) is 129 cm³/mol. The fraction of sp³-hybridized carbons (Fsp3) is 0.462. The van der Waals surface area contributed by atoms with Crippen molar-refractivity contribution in [3.05, 3.63) is 59.9 Å². The van der Waals surface area contributed by atoms with Crippen molar-refractivity contribution in [3.8, 4) is 11.5 Å². The average Bonchev–Trinajstić information content (AvgIpc) is 2.93. The maximum absolute atomic E-state index is 14.5. The number of halogens is 12. The number of carboxylic acids is 1. The van der Waals surface area contributed by atoms with Gasteiger partial charge in [0, 0.05) is 13.0 Å². The normalized spacial score (nSPS) is 13.7. The molecule has 2 aromatic rings. The second-order valence-electron chi connectivity index (χ2n) is 9.12. The largest absolute Gasteiger partial charge is 0.492 e. The van der Waals surface area contributed by atoms with Crippen LogP contribution in [0.5, 0.6) is 11.5 Å². The highest BCUT2D eigenvalue weighted by Crippen LogP contribution is 2.57. The van der Waals surface area contributed by atoms with Crippen molar-refractivity contribution < 1.29 is 81.6 Å². The highest BCUT2D eigenvalue weighted by atomic mass is 19.4. The number of nitrogens with zero attached hydrogens (tertiary/aromatic N) is 1. The third-order valence-corrected chi connectivity index (χ3v) is 5.90. The van der Waals surface area contributed by atoms with E-state index in [2.05, 4.69) is 4.74 Å². The minimum absolute atomic E-state index is 0.0847. The quantitative estimate of drug-likeness (QED) is 0.209. The highest BCUT2D eigenvalue weighted by molar-refractivity contribution is 5.72. The summed E-state index contributed by atoms with van der Waals surface area (Å²) in [5.41, 5.74) is 0.414. The SMILES string of the molecule is CCOC(Cc1ccc(OCCN(CC(F)(F)C(F)(F)C(F)(F)C(F)(F)C(F)(F)F)C(=O)Oc2ccccc2F)cc1)C(=O)O. The summed E-state index contributed by atoms with van der Waals surface area (Å²) in [4.78, 5) is 23.2. The number of hydrogen-bond donors (Lipinski definition) is 1. The molecule has 0 aliphatic rings. The summed E-state index contributed by atoms with van der Waals surface area (Å²) in [6, 6.07) is 8.72. The zero-order valence-corrected chi connectivity index (χ0v) is 22.7. The fourth-order valence-electron chi connectivity index (χ4n) is 3.49. The van der Waals surface area contributed by atoms with Crippen LogP contribution in [0.15, 0.2) is 48.5 Å². The Morgan fingerprint density at radius 1 is 0.844 bits per heavy atom. The first kappa shape index (κ1) is 37.3. The Morgan fingerprint density at radius 2 is 1.42 bits per heavy atom. The number of ether oxygens (including phenoxy) is 3. The van der Waals surface area contributed by atoms with Crippen LogP contribution in [0.4, 0.5) is 57.5 Å². The third-order valence-electron chi connectivity index (χ3n) is 5.90.